The van der Waals surface area contributed by atoms with E-state index in [0.29, 0.717) is 0 Å². The van der Waals surface area contributed by atoms with Crippen LogP contribution in [0.5, 0.6) is 0 Å². The van der Waals surface area contributed by atoms with Crippen molar-refractivity contribution in [3.63, 3.8) is 0 Å². The molecule has 0 amide bonds. The maximum absolute atomic E-state index is 12.9. The molecule has 2 nitrogen and oxygen atoms in total. The second-order valence-electron chi connectivity index (χ2n) is 16.8. The average Bonchev–Trinajstić information content (AvgIpc) is 3.47. The van der Waals surface area contributed by atoms with Crippen LogP contribution in [0.15, 0.2) is 47.6 Å². The first-order valence-corrected chi connectivity index (χ1v) is 23.9. The van der Waals surface area contributed by atoms with Gasteiger partial charge in [0.05, 0.1) is 5.57 Å². The minimum atomic E-state index is 0. The molecule has 0 N–H and O–H groups in total. The third-order valence-corrected chi connectivity index (χ3v) is 12.0. The minimum absolute atomic E-state index is 0. The van der Waals surface area contributed by atoms with E-state index in [2.05, 4.69) is 91.8 Å². The first kappa shape index (κ1) is 49.9. The van der Waals surface area contributed by atoms with Crippen molar-refractivity contribution in [2.24, 2.45) is 0 Å². The normalized spacial score (nSPS) is 13.2. The second kappa shape index (κ2) is 29.0. The Hall–Kier alpha value is -2.25. The fourth-order valence-corrected chi connectivity index (χ4v) is 8.68. The van der Waals surface area contributed by atoms with Gasteiger partial charge < -0.3 is 5.53 Å². The topological polar surface area (TPSA) is 25.3 Å². The molecule has 0 saturated carbocycles. The zero-order valence-corrected chi connectivity index (χ0v) is 38.8. The van der Waals surface area contributed by atoms with Crippen LogP contribution in [-0.2, 0) is 55.0 Å². The Morgan fingerprint density at radius 2 is 0.786 bits per heavy atom. The Balaban J connectivity index is 0.0000108. The summed E-state index contributed by atoms with van der Waals surface area (Å²) in [6.45, 7) is 18.5. The molecular formula is C53H84N2Ni. The van der Waals surface area contributed by atoms with Crippen LogP contribution < -0.4 is 0 Å². The summed E-state index contributed by atoms with van der Waals surface area (Å²) in [4.78, 5) is 0. The third kappa shape index (κ3) is 14.8. The first-order chi connectivity index (χ1) is 26.9. The van der Waals surface area contributed by atoms with Crippen molar-refractivity contribution in [1.82, 2.24) is 0 Å². The Labute approximate surface area is 357 Å². The number of aryl methyl sites for hydroxylation is 4. The zero-order chi connectivity index (χ0) is 39.8. The molecule has 0 atom stereocenters. The van der Waals surface area contributed by atoms with Gasteiger partial charge in [-0.3, -0.25) is 0 Å². The molecule has 0 aliphatic carbocycles. The molecule has 0 saturated heterocycles. The molecule has 2 aromatic carbocycles. The van der Waals surface area contributed by atoms with Crippen molar-refractivity contribution in [2.45, 2.75) is 229 Å². The van der Waals surface area contributed by atoms with Gasteiger partial charge in [-0.15, -0.1) is 0 Å². The Morgan fingerprint density at radius 3 is 1.23 bits per heavy atom. The predicted molar refractivity (Wildman–Crippen MR) is 244 cm³/mol. The summed E-state index contributed by atoms with van der Waals surface area (Å²) in [6, 6.07) is 10.1. The molecule has 1 aliphatic heterocycles. The van der Waals surface area contributed by atoms with Crippen LogP contribution in [0.3, 0.4) is 0 Å². The zero-order valence-electron chi connectivity index (χ0n) is 37.8. The summed E-state index contributed by atoms with van der Waals surface area (Å²) in [5, 5.41) is 0. The average molecular weight is 808 g/mol. The van der Waals surface area contributed by atoms with E-state index in [1.165, 1.54) is 167 Å². The summed E-state index contributed by atoms with van der Waals surface area (Å²) in [7, 11) is 0. The van der Waals surface area contributed by atoms with Crippen molar-refractivity contribution in [3.05, 3.63) is 97.6 Å². The van der Waals surface area contributed by atoms with E-state index >= 15 is 0 Å². The van der Waals surface area contributed by atoms with Crippen molar-refractivity contribution < 1.29 is 21.2 Å². The fraction of sp³-hybridized carbons (Fsp3) is 0.660. The predicted octanol–water partition coefficient (Wildman–Crippen LogP) is 17.0. The van der Waals surface area contributed by atoms with Crippen molar-refractivity contribution >= 4 is 11.4 Å². The van der Waals surface area contributed by atoms with Crippen LogP contribution in [0.25, 0.3) is 16.9 Å². The fourth-order valence-electron chi connectivity index (χ4n) is 8.68. The van der Waals surface area contributed by atoms with Gasteiger partial charge in [-0.05, 0) is 154 Å². The molecule has 0 radical (unpaired) electrons. The molecule has 1 heterocycles. The van der Waals surface area contributed by atoms with Crippen LogP contribution in [0.1, 0.15) is 235 Å². The molecule has 0 aromatic heterocycles. The van der Waals surface area contributed by atoms with E-state index < -0.39 is 0 Å². The van der Waals surface area contributed by atoms with Gasteiger partial charge in [-0.1, -0.05) is 145 Å². The molecule has 2 aromatic rings. The van der Waals surface area contributed by atoms with Gasteiger partial charge in [0.1, 0.15) is 0 Å². The van der Waals surface area contributed by atoms with Gasteiger partial charge >= 0.3 is 0 Å². The van der Waals surface area contributed by atoms with E-state index in [1.807, 2.05) is 0 Å². The largest absolute Gasteiger partial charge is 0.493 e. The van der Waals surface area contributed by atoms with Crippen LogP contribution in [0.2, 0.25) is 0 Å². The van der Waals surface area contributed by atoms with Crippen LogP contribution in [-0.4, -0.2) is 4.70 Å². The monoisotopic (exact) mass is 807 g/mol. The van der Waals surface area contributed by atoms with Gasteiger partial charge in [0.15, 0.2) is 0 Å². The van der Waals surface area contributed by atoms with E-state index in [4.69, 9.17) is 0 Å². The first-order valence-electron chi connectivity index (χ1n) is 23.9. The Kier molecular flexibility index (Phi) is 25.9. The second-order valence-corrected chi connectivity index (χ2v) is 16.8. The number of allylic oxidation sites excluding steroid dienone is 4. The third-order valence-electron chi connectivity index (χ3n) is 12.0. The van der Waals surface area contributed by atoms with Crippen molar-refractivity contribution in [3.8, 4) is 0 Å². The molecule has 316 valence electrons. The Morgan fingerprint density at radius 1 is 0.429 bits per heavy atom. The molecule has 0 bridgehead atoms. The maximum Gasteiger partial charge on any atom is 0.215 e. The van der Waals surface area contributed by atoms with Crippen LogP contribution >= 0.6 is 0 Å². The smallest absolute Gasteiger partial charge is 0.215 e. The van der Waals surface area contributed by atoms with E-state index in [-0.39, 0.29) is 16.5 Å². The number of hydrogen-bond acceptors (Lipinski definition) is 0. The molecule has 3 heteroatoms. The van der Waals surface area contributed by atoms with Gasteiger partial charge in [-0.2, -0.15) is 0 Å². The van der Waals surface area contributed by atoms with Gasteiger partial charge in [0.2, 0.25) is 11.4 Å². The SMILES string of the molecule is CCCCC=CC1=C(c2cc(CCCCC)c(CCCCC)c(CCCCC)c2)[N+](=[N-])C(c2cc(CCCC)c(CCCC)c(CCCC)c2)=C1CCCC.[Ni]. The molecule has 1 aliphatic rings. The standard InChI is InChI=1S/C53H84N2.Ni/c1-9-17-25-29-37-51-50(35-24-16-8)52(46-38-42(30-21-13-5)48(34-23-15-7)43(39-46)31-22-14-6)55(54)53(51)47-40-44(32-26-18-10-2)49(36-28-20-12-4)45(41-47)33-27-19-11-3;/h29,37-41H,9-28,30-36H2,1-8H3;. The van der Waals surface area contributed by atoms with Crippen LogP contribution in [0, 0.1) is 0 Å². The molecule has 3 rings (SSSR count). The number of hydrogen-bond donors (Lipinski definition) is 0. The molecule has 0 unspecified atom stereocenters. The van der Waals surface area contributed by atoms with Crippen molar-refractivity contribution in [2.75, 3.05) is 0 Å². The number of rotatable bonds is 30. The quantitative estimate of drug-likeness (QED) is 0.0427. The summed E-state index contributed by atoms with van der Waals surface area (Å²) >= 11 is 0. The van der Waals surface area contributed by atoms with E-state index in [1.54, 1.807) is 15.8 Å². The summed E-state index contributed by atoms with van der Waals surface area (Å²) in [5.41, 5.74) is 29.3. The summed E-state index contributed by atoms with van der Waals surface area (Å²) in [5.74, 6) is 0. The van der Waals surface area contributed by atoms with Crippen molar-refractivity contribution in [1.29, 1.82) is 0 Å². The summed E-state index contributed by atoms with van der Waals surface area (Å²) < 4.78 is 1.68. The van der Waals surface area contributed by atoms with Gasteiger partial charge in [-0.25, -0.2) is 4.70 Å². The van der Waals surface area contributed by atoms with Gasteiger partial charge in [0, 0.05) is 33.2 Å². The van der Waals surface area contributed by atoms with Gasteiger partial charge in [0.25, 0.3) is 0 Å². The molecule has 0 fully saturated rings. The minimum Gasteiger partial charge on any atom is -0.493 e. The molecule has 0 spiro atoms. The van der Waals surface area contributed by atoms with E-state index in [0.717, 1.165) is 62.8 Å². The van der Waals surface area contributed by atoms with E-state index in [9.17, 15) is 5.53 Å². The van der Waals surface area contributed by atoms with Crippen LogP contribution in [0.4, 0.5) is 0 Å². The maximum atomic E-state index is 12.9. The molecular weight excluding hydrogens is 723 g/mol. The molecule has 56 heavy (non-hydrogen) atoms. The number of nitrogens with zero attached hydrogens (tertiary/aromatic N) is 2. The Bertz CT molecular complexity index is 1480. The number of unbranched alkanes of at least 4 members (excludes halogenated alkanes) is 12. The number of benzene rings is 2. The summed E-state index contributed by atoms with van der Waals surface area (Å²) in [6.07, 6.45) is 36.9.